The molecule has 3 aromatic heterocycles. The van der Waals surface area contributed by atoms with Gasteiger partial charge in [0.1, 0.15) is 0 Å². The van der Waals surface area contributed by atoms with E-state index >= 15 is 0 Å². The van der Waals surface area contributed by atoms with E-state index < -0.39 is 0 Å². The molecule has 1 N–H and O–H groups in total. The molecule has 0 spiro atoms. The number of carbonyl (C=O) groups excluding carboxylic acids is 1. The van der Waals surface area contributed by atoms with Crippen molar-refractivity contribution >= 4 is 11.7 Å². The molecule has 0 fully saturated rings. The predicted octanol–water partition coefficient (Wildman–Crippen LogP) is 2.62. The normalized spacial score (nSPS) is 10.8. The van der Waals surface area contributed by atoms with E-state index in [4.69, 9.17) is 4.52 Å². The molecule has 0 atom stereocenters. The maximum atomic E-state index is 12.0. The van der Waals surface area contributed by atoms with Crippen molar-refractivity contribution in [2.75, 3.05) is 5.32 Å². The van der Waals surface area contributed by atoms with Gasteiger partial charge in [-0.25, -0.2) is 0 Å². The molecule has 0 radical (unpaired) electrons. The Kier molecular flexibility index (Phi) is 6.08. The Bertz CT molecular complexity index is 827. The highest BCUT2D eigenvalue weighted by molar-refractivity contribution is 5.89. The topological polar surface area (TPSA) is 98.7 Å². The standard InChI is InChI=1S/C18H22N6O2/c1-2-5-16-21-18(26-23-16)8-3-7-17(25)20-15-9-11-24(22-15)13-14-6-4-10-19-12-14/h4,6,9-12H,2-3,5,7-8,13H2,1H3,(H,20,22,25). The highest BCUT2D eigenvalue weighted by atomic mass is 16.5. The van der Waals surface area contributed by atoms with Crippen molar-refractivity contribution in [2.24, 2.45) is 0 Å². The van der Waals surface area contributed by atoms with Crippen LogP contribution in [-0.2, 0) is 24.2 Å². The zero-order valence-electron chi connectivity index (χ0n) is 14.8. The van der Waals surface area contributed by atoms with Gasteiger partial charge in [0.15, 0.2) is 11.6 Å². The first-order valence-electron chi connectivity index (χ1n) is 8.76. The maximum Gasteiger partial charge on any atom is 0.226 e. The Morgan fingerprint density at radius 2 is 2.23 bits per heavy atom. The fourth-order valence-electron chi connectivity index (χ4n) is 2.52. The summed E-state index contributed by atoms with van der Waals surface area (Å²) in [5.41, 5.74) is 1.05. The van der Waals surface area contributed by atoms with E-state index in [9.17, 15) is 4.79 Å². The minimum absolute atomic E-state index is 0.0788. The molecule has 8 heteroatoms. The third kappa shape index (κ3) is 5.23. The van der Waals surface area contributed by atoms with Gasteiger partial charge in [0.2, 0.25) is 11.8 Å². The summed E-state index contributed by atoms with van der Waals surface area (Å²) in [6, 6.07) is 5.65. The number of hydrogen-bond donors (Lipinski definition) is 1. The number of aryl methyl sites for hydroxylation is 2. The lowest BCUT2D eigenvalue weighted by Crippen LogP contribution is -2.12. The van der Waals surface area contributed by atoms with E-state index in [1.54, 1.807) is 23.1 Å². The number of nitrogens with one attached hydrogen (secondary N) is 1. The van der Waals surface area contributed by atoms with Gasteiger partial charge in [0, 0.05) is 43.9 Å². The summed E-state index contributed by atoms with van der Waals surface area (Å²) in [4.78, 5) is 20.4. The van der Waals surface area contributed by atoms with Gasteiger partial charge in [-0.05, 0) is 24.5 Å². The van der Waals surface area contributed by atoms with Gasteiger partial charge in [-0.15, -0.1) is 0 Å². The van der Waals surface area contributed by atoms with Crippen LogP contribution < -0.4 is 5.32 Å². The Labute approximate surface area is 151 Å². The second-order valence-electron chi connectivity index (χ2n) is 6.02. The SMILES string of the molecule is CCCc1noc(CCCC(=O)Nc2ccn(Cc3cccnc3)n2)n1. The number of carbonyl (C=O) groups is 1. The number of pyridine rings is 1. The first-order chi connectivity index (χ1) is 12.7. The van der Waals surface area contributed by atoms with E-state index in [2.05, 4.69) is 32.5 Å². The molecular formula is C18H22N6O2. The summed E-state index contributed by atoms with van der Waals surface area (Å²) >= 11 is 0. The Balaban J connectivity index is 1.42. The summed E-state index contributed by atoms with van der Waals surface area (Å²) in [7, 11) is 0. The Morgan fingerprint density at radius 1 is 1.31 bits per heavy atom. The van der Waals surface area contributed by atoms with E-state index in [0.29, 0.717) is 37.5 Å². The molecule has 3 heterocycles. The van der Waals surface area contributed by atoms with Gasteiger partial charge in [0.05, 0.1) is 6.54 Å². The highest BCUT2D eigenvalue weighted by Crippen LogP contribution is 2.08. The molecule has 0 unspecified atom stereocenters. The van der Waals surface area contributed by atoms with Crippen molar-refractivity contribution in [1.82, 2.24) is 24.9 Å². The number of aromatic nitrogens is 5. The van der Waals surface area contributed by atoms with Crippen LogP contribution in [0.4, 0.5) is 5.82 Å². The molecule has 0 saturated heterocycles. The van der Waals surface area contributed by atoms with Crippen molar-refractivity contribution in [3.8, 4) is 0 Å². The summed E-state index contributed by atoms with van der Waals surface area (Å²) < 4.78 is 6.93. The van der Waals surface area contributed by atoms with E-state index in [0.717, 1.165) is 24.2 Å². The third-order valence-electron chi connectivity index (χ3n) is 3.75. The van der Waals surface area contributed by atoms with Crippen LogP contribution in [0.5, 0.6) is 0 Å². The van der Waals surface area contributed by atoms with Gasteiger partial charge < -0.3 is 9.84 Å². The molecule has 0 aliphatic heterocycles. The summed E-state index contributed by atoms with van der Waals surface area (Å²) in [6.07, 6.45) is 8.77. The fourth-order valence-corrected chi connectivity index (χ4v) is 2.52. The van der Waals surface area contributed by atoms with E-state index in [1.807, 2.05) is 18.3 Å². The predicted molar refractivity (Wildman–Crippen MR) is 95.4 cm³/mol. The highest BCUT2D eigenvalue weighted by Gasteiger charge is 2.09. The lowest BCUT2D eigenvalue weighted by Gasteiger charge is -2.02. The smallest absolute Gasteiger partial charge is 0.226 e. The van der Waals surface area contributed by atoms with Crippen LogP contribution in [0.2, 0.25) is 0 Å². The van der Waals surface area contributed by atoms with E-state index in [-0.39, 0.29) is 5.91 Å². The van der Waals surface area contributed by atoms with Crippen LogP contribution in [-0.4, -0.2) is 30.8 Å². The van der Waals surface area contributed by atoms with Gasteiger partial charge in [-0.3, -0.25) is 14.5 Å². The van der Waals surface area contributed by atoms with Crippen LogP contribution in [0.15, 0.2) is 41.3 Å². The van der Waals surface area contributed by atoms with Crippen molar-refractivity contribution in [3.63, 3.8) is 0 Å². The molecule has 0 bridgehead atoms. The molecule has 1 amide bonds. The average molecular weight is 354 g/mol. The van der Waals surface area contributed by atoms with E-state index in [1.165, 1.54) is 0 Å². The molecule has 0 aliphatic rings. The van der Waals surface area contributed by atoms with Crippen molar-refractivity contribution in [2.45, 2.75) is 45.6 Å². The zero-order chi connectivity index (χ0) is 18.2. The largest absolute Gasteiger partial charge is 0.339 e. The quantitative estimate of drug-likeness (QED) is 0.634. The number of hydrogen-bond acceptors (Lipinski definition) is 6. The summed E-state index contributed by atoms with van der Waals surface area (Å²) in [5.74, 6) is 1.78. The second kappa shape index (κ2) is 8.89. The minimum atomic E-state index is -0.0788. The molecule has 3 rings (SSSR count). The molecule has 8 nitrogen and oxygen atoms in total. The monoisotopic (exact) mass is 354 g/mol. The lowest BCUT2D eigenvalue weighted by atomic mass is 10.2. The van der Waals surface area contributed by atoms with Crippen LogP contribution in [0, 0.1) is 0 Å². The Morgan fingerprint density at radius 3 is 3.04 bits per heavy atom. The van der Waals surface area contributed by atoms with Gasteiger partial charge >= 0.3 is 0 Å². The lowest BCUT2D eigenvalue weighted by molar-refractivity contribution is -0.116. The molecule has 0 saturated carbocycles. The number of anilines is 1. The van der Waals surface area contributed by atoms with Crippen LogP contribution in [0.3, 0.4) is 0 Å². The summed E-state index contributed by atoms with van der Waals surface area (Å²) in [5, 5.41) is 11.1. The Hall–Kier alpha value is -3.03. The molecule has 3 aromatic rings. The van der Waals surface area contributed by atoms with Crippen molar-refractivity contribution < 1.29 is 9.32 Å². The van der Waals surface area contributed by atoms with Gasteiger partial charge in [0.25, 0.3) is 0 Å². The molecule has 136 valence electrons. The maximum absolute atomic E-state index is 12.0. The zero-order valence-corrected chi connectivity index (χ0v) is 14.8. The third-order valence-corrected chi connectivity index (χ3v) is 3.75. The van der Waals surface area contributed by atoms with Gasteiger partial charge in [-0.1, -0.05) is 18.1 Å². The molecule has 26 heavy (non-hydrogen) atoms. The number of amides is 1. The minimum Gasteiger partial charge on any atom is -0.339 e. The van der Waals surface area contributed by atoms with Crippen LogP contribution in [0.1, 0.15) is 43.5 Å². The second-order valence-corrected chi connectivity index (χ2v) is 6.02. The first-order valence-corrected chi connectivity index (χ1v) is 8.76. The molecule has 0 aliphatic carbocycles. The average Bonchev–Trinajstić information content (AvgIpc) is 3.26. The molecular weight excluding hydrogens is 332 g/mol. The first kappa shape index (κ1) is 17.8. The number of nitrogens with zero attached hydrogens (tertiary/aromatic N) is 5. The summed E-state index contributed by atoms with van der Waals surface area (Å²) in [6.45, 7) is 2.68. The van der Waals surface area contributed by atoms with Crippen LogP contribution in [0.25, 0.3) is 0 Å². The number of rotatable bonds is 9. The molecule has 0 aromatic carbocycles. The fraction of sp³-hybridized carbons (Fsp3) is 0.389. The van der Waals surface area contributed by atoms with Crippen LogP contribution >= 0.6 is 0 Å². The van der Waals surface area contributed by atoms with Crippen molar-refractivity contribution in [3.05, 3.63) is 54.1 Å². The van der Waals surface area contributed by atoms with Gasteiger partial charge in [-0.2, -0.15) is 10.1 Å². The van der Waals surface area contributed by atoms with Crippen molar-refractivity contribution in [1.29, 1.82) is 0 Å².